The summed E-state index contributed by atoms with van der Waals surface area (Å²) in [5, 5.41) is 3.32. The van der Waals surface area contributed by atoms with Gasteiger partial charge >= 0.3 is 0 Å². The third kappa shape index (κ3) is 2.03. The first-order valence-corrected chi connectivity index (χ1v) is 4.31. The Morgan fingerprint density at radius 3 is 2.36 bits per heavy atom. The van der Waals surface area contributed by atoms with Crippen LogP contribution in [0.4, 0.5) is 0 Å². The minimum absolute atomic E-state index is 0.233. The van der Waals surface area contributed by atoms with Gasteiger partial charge in [-0.2, -0.15) is 0 Å². The lowest BCUT2D eigenvalue weighted by Crippen LogP contribution is -2.38. The van der Waals surface area contributed by atoms with Gasteiger partial charge in [0.25, 0.3) is 0 Å². The Labute approximate surface area is 68.4 Å². The van der Waals surface area contributed by atoms with E-state index in [9.17, 15) is 4.79 Å². The topological polar surface area (TPSA) is 29.1 Å². The van der Waals surface area contributed by atoms with E-state index in [4.69, 9.17) is 0 Å². The van der Waals surface area contributed by atoms with Gasteiger partial charge in [0.1, 0.15) is 5.78 Å². The molecule has 0 atom stereocenters. The molecule has 0 bridgehead atoms. The number of hydrogen-bond acceptors (Lipinski definition) is 2. The molecule has 0 amide bonds. The van der Waals surface area contributed by atoms with Gasteiger partial charge in [0.15, 0.2) is 0 Å². The molecule has 0 aromatic heterocycles. The molecule has 2 heteroatoms. The maximum Gasteiger partial charge on any atom is 0.143 e. The fraction of sp³-hybridized carbons (Fsp3) is 0.889. The summed E-state index contributed by atoms with van der Waals surface area (Å²) in [6.45, 7) is 6.59. The summed E-state index contributed by atoms with van der Waals surface area (Å²) in [5.74, 6) is 0.888. The van der Waals surface area contributed by atoms with Crippen LogP contribution in [-0.4, -0.2) is 17.9 Å². The van der Waals surface area contributed by atoms with Gasteiger partial charge in [0, 0.05) is 5.54 Å². The number of Topliss-reactive ketones (excluding diaryl/α,β-unsaturated/α-hetero) is 1. The molecule has 0 heterocycles. The highest BCUT2D eigenvalue weighted by atomic mass is 16.1. The van der Waals surface area contributed by atoms with Crippen molar-refractivity contribution < 1.29 is 4.79 Å². The standard InChI is InChI=1S/C9H17NO/c1-7(2)9(4-5-9)10-6-8(3)11/h7,10H,4-6H2,1-3H3. The van der Waals surface area contributed by atoms with Crippen LogP contribution in [-0.2, 0) is 4.79 Å². The molecule has 1 rings (SSSR count). The van der Waals surface area contributed by atoms with Crippen LogP contribution in [0.1, 0.15) is 33.6 Å². The molecule has 0 saturated heterocycles. The van der Waals surface area contributed by atoms with Crippen molar-refractivity contribution in [2.45, 2.75) is 39.2 Å². The van der Waals surface area contributed by atoms with E-state index in [0.29, 0.717) is 18.0 Å². The van der Waals surface area contributed by atoms with E-state index >= 15 is 0 Å². The van der Waals surface area contributed by atoms with E-state index in [0.717, 1.165) is 0 Å². The van der Waals surface area contributed by atoms with Crippen LogP contribution < -0.4 is 5.32 Å². The molecule has 0 unspecified atom stereocenters. The lowest BCUT2D eigenvalue weighted by atomic mass is 10.0. The van der Waals surface area contributed by atoms with Crippen LogP contribution in [0.5, 0.6) is 0 Å². The molecule has 64 valence electrons. The average Bonchev–Trinajstić information content (AvgIpc) is 2.63. The number of nitrogens with one attached hydrogen (secondary N) is 1. The Morgan fingerprint density at radius 2 is 2.09 bits per heavy atom. The van der Waals surface area contributed by atoms with E-state index in [1.54, 1.807) is 6.92 Å². The molecule has 0 spiro atoms. The quantitative estimate of drug-likeness (QED) is 0.664. The van der Waals surface area contributed by atoms with E-state index in [1.807, 2.05) is 0 Å². The molecule has 0 radical (unpaired) electrons. The monoisotopic (exact) mass is 155 g/mol. The smallest absolute Gasteiger partial charge is 0.143 e. The minimum atomic E-state index is 0.233. The van der Waals surface area contributed by atoms with Gasteiger partial charge in [-0.15, -0.1) is 0 Å². The van der Waals surface area contributed by atoms with Crippen LogP contribution in [0.15, 0.2) is 0 Å². The molecular weight excluding hydrogens is 138 g/mol. The highest BCUT2D eigenvalue weighted by Crippen LogP contribution is 2.41. The second-order valence-electron chi connectivity index (χ2n) is 3.87. The second kappa shape index (κ2) is 2.94. The fourth-order valence-corrected chi connectivity index (χ4v) is 1.39. The Kier molecular flexibility index (Phi) is 2.33. The van der Waals surface area contributed by atoms with Gasteiger partial charge in [-0.3, -0.25) is 4.79 Å². The second-order valence-corrected chi connectivity index (χ2v) is 3.87. The first-order chi connectivity index (χ1) is 5.07. The van der Waals surface area contributed by atoms with Crippen molar-refractivity contribution >= 4 is 5.78 Å². The number of carbonyl (C=O) groups is 1. The van der Waals surface area contributed by atoms with E-state index in [-0.39, 0.29) is 5.78 Å². The van der Waals surface area contributed by atoms with Gasteiger partial charge in [-0.05, 0) is 25.7 Å². The summed E-state index contributed by atoms with van der Waals surface area (Å²) in [5.41, 5.74) is 0.311. The fourth-order valence-electron chi connectivity index (χ4n) is 1.39. The van der Waals surface area contributed by atoms with Crippen molar-refractivity contribution in [3.8, 4) is 0 Å². The summed E-state index contributed by atoms with van der Waals surface area (Å²) in [6.07, 6.45) is 2.47. The van der Waals surface area contributed by atoms with Crippen molar-refractivity contribution in [3.63, 3.8) is 0 Å². The number of ketones is 1. The Balaban J connectivity index is 2.30. The Morgan fingerprint density at radius 1 is 1.55 bits per heavy atom. The lowest BCUT2D eigenvalue weighted by molar-refractivity contribution is -0.116. The zero-order chi connectivity index (χ0) is 8.48. The minimum Gasteiger partial charge on any atom is -0.304 e. The highest BCUT2D eigenvalue weighted by Gasteiger charge is 2.44. The first-order valence-electron chi connectivity index (χ1n) is 4.31. The summed E-state index contributed by atoms with van der Waals surface area (Å²) < 4.78 is 0. The third-order valence-corrected chi connectivity index (χ3v) is 2.58. The maximum atomic E-state index is 10.7. The van der Waals surface area contributed by atoms with E-state index < -0.39 is 0 Å². The summed E-state index contributed by atoms with van der Waals surface area (Å²) >= 11 is 0. The SMILES string of the molecule is CC(=O)CNC1(C(C)C)CC1. The van der Waals surface area contributed by atoms with Crippen LogP contribution in [0, 0.1) is 5.92 Å². The zero-order valence-corrected chi connectivity index (χ0v) is 7.61. The molecule has 1 saturated carbocycles. The van der Waals surface area contributed by atoms with E-state index in [2.05, 4.69) is 19.2 Å². The summed E-state index contributed by atoms with van der Waals surface area (Å²) in [4.78, 5) is 10.7. The van der Waals surface area contributed by atoms with Crippen molar-refractivity contribution in [2.24, 2.45) is 5.92 Å². The first kappa shape index (κ1) is 8.72. The highest BCUT2D eigenvalue weighted by molar-refractivity contribution is 5.77. The van der Waals surface area contributed by atoms with Crippen LogP contribution in [0.2, 0.25) is 0 Å². The van der Waals surface area contributed by atoms with E-state index in [1.165, 1.54) is 12.8 Å². The molecule has 1 aliphatic carbocycles. The molecule has 2 nitrogen and oxygen atoms in total. The van der Waals surface area contributed by atoms with Gasteiger partial charge in [-0.25, -0.2) is 0 Å². The van der Waals surface area contributed by atoms with Crippen molar-refractivity contribution in [2.75, 3.05) is 6.54 Å². The normalized spacial score (nSPS) is 20.4. The molecular formula is C9H17NO. The van der Waals surface area contributed by atoms with Gasteiger partial charge in [0.2, 0.25) is 0 Å². The van der Waals surface area contributed by atoms with Crippen molar-refractivity contribution in [3.05, 3.63) is 0 Å². The number of carbonyl (C=O) groups excluding carboxylic acids is 1. The molecule has 0 aliphatic heterocycles. The lowest BCUT2D eigenvalue weighted by Gasteiger charge is -2.20. The Bertz CT molecular complexity index is 159. The summed E-state index contributed by atoms with van der Waals surface area (Å²) in [6, 6.07) is 0. The molecule has 11 heavy (non-hydrogen) atoms. The molecule has 1 N–H and O–H groups in total. The van der Waals surface area contributed by atoms with Crippen LogP contribution >= 0.6 is 0 Å². The predicted molar refractivity (Wildman–Crippen MR) is 45.5 cm³/mol. The van der Waals surface area contributed by atoms with Gasteiger partial charge < -0.3 is 5.32 Å². The molecule has 0 aromatic carbocycles. The van der Waals surface area contributed by atoms with Gasteiger partial charge in [0.05, 0.1) is 6.54 Å². The van der Waals surface area contributed by atoms with Crippen LogP contribution in [0.3, 0.4) is 0 Å². The third-order valence-electron chi connectivity index (χ3n) is 2.58. The van der Waals surface area contributed by atoms with Crippen molar-refractivity contribution in [1.29, 1.82) is 0 Å². The van der Waals surface area contributed by atoms with Crippen molar-refractivity contribution in [1.82, 2.24) is 5.32 Å². The Hall–Kier alpha value is -0.370. The zero-order valence-electron chi connectivity index (χ0n) is 7.61. The predicted octanol–water partition coefficient (Wildman–Crippen LogP) is 1.35. The number of hydrogen-bond donors (Lipinski definition) is 1. The molecule has 1 fully saturated rings. The maximum absolute atomic E-state index is 10.7. The summed E-state index contributed by atoms with van der Waals surface area (Å²) in [7, 11) is 0. The van der Waals surface area contributed by atoms with Gasteiger partial charge in [-0.1, -0.05) is 13.8 Å². The largest absolute Gasteiger partial charge is 0.304 e. The van der Waals surface area contributed by atoms with Crippen LogP contribution in [0.25, 0.3) is 0 Å². The molecule has 0 aromatic rings. The average molecular weight is 155 g/mol. The number of rotatable bonds is 4. The molecule has 1 aliphatic rings.